The van der Waals surface area contributed by atoms with E-state index in [1.807, 2.05) is 24.3 Å². The number of esters is 1. The minimum Gasteiger partial charge on any atom is -0.454 e. The number of hydrogen-bond acceptors (Lipinski definition) is 5. The molecule has 0 amide bonds. The van der Waals surface area contributed by atoms with Crippen molar-refractivity contribution in [2.24, 2.45) is 10.8 Å². The van der Waals surface area contributed by atoms with Crippen LogP contribution in [-0.2, 0) is 14.8 Å². The minimum absolute atomic E-state index is 0.0447. The maximum absolute atomic E-state index is 13.6. The van der Waals surface area contributed by atoms with Crippen molar-refractivity contribution in [1.29, 1.82) is 0 Å². The molecular weight excluding hydrogens is 476 g/mol. The van der Waals surface area contributed by atoms with Gasteiger partial charge in [0.15, 0.2) is 6.61 Å². The summed E-state index contributed by atoms with van der Waals surface area (Å²) in [5.74, 6) is -1.05. The second kappa shape index (κ2) is 8.56. The van der Waals surface area contributed by atoms with E-state index in [0.29, 0.717) is 17.8 Å². The fourth-order valence-electron chi connectivity index (χ4n) is 6.53. The van der Waals surface area contributed by atoms with Crippen LogP contribution in [0, 0.1) is 17.8 Å². The van der Waals surface area contributed by atoms with Crippen LogP contribution in [-0.4, -0.2) is 48.7 Å². The van der Waals surface area contributed by atoms with E-state index in [-0.39, 0.29) is 33.1 Å². The Labute approximate surface area is 211 Å². The van der Waals surface area contributed by atoms with E-state index in [2.05, 4.69) is 25.8 Å². The van der Waals surface area contributed by atoms with Crippen LogP contribution in [0.5, 0.6) is 0 Å². The Bertz CT molecular complexity index is 1470. The second-order valence-corrected chi connectivity index (χ2v) is 13.4. The van der Waals surface area contributed by atoms with Gasteiger partial charge >= 0.3 is 5.97 Å². The molecule has 5 rings (SSSR count). The number of nitrogens with one attached hydrogen (secondary N) is 1. The molecule has 1 saturated heterocycles. The molecule has 2 heterocycles. The van der Waals surface area contributed by atoms with E-state index in [0.717, 1.165) is 30.2 Å². The van der Waals surface area contributed by atoms with Crippen LogP contribution in [0.3, 0.4) is 0 Å². The number of rotatable bonds is 6. The number of hydrogen-bond donors (Lipinski definition) is 1. The Morgan fingerprint density at radius 2 is 1.83 bits per heavy atom. The number of sulfonamides is 1. The van der Waals surface area contributed by atoms with Crippen LogP contribution >= 0.6 is 0 Å². The number of fused-ring (bicyclic) bond motifs is 3. The largest absolute Gasteiger partial charge is 0.454 e. The first-order valence-corrected chi connectivity index (χ1v) is 13.7. The Morgan fingerprint density at radius 3 is 2.61 bits per heavy atom. The normalized spacial score (nSPS) is 23.6. The topological polar surface area (TPSA) is 96.5 Å². The Morgan fingerprint density at radius 1 is 1.08 bits per heavy atom. The highest BCUT2D eigenvalue weighted by Gasteiger charge is 2.53. The number of aromatic amines is 1. The highest BCUT2D eigenvalue weighted by atomic mass is 32.2. The molecule has 190 valence electrons. The van der Waals surface area contributed by atoms with Crippen LogP contribution in [0.4, 0.5) is 0 Å². The Hall–Kier alpha value is -2.97. The molecule has 0 spiro atoms. The molecule has 1 aliphatic heterocycles. The highest BCUT2D eigenvalue weighted by Crippen LogP contribution is 2.53. The molecule has 0 radical (unpaired) electrons. The van der Waals surface area contributed by atoms with Gasteiger partial charge in [0.1, 0.15) is 0 Å². The minimum atomic E-state index is -3.78. The number of H-pyrrole nitrogens is 1. The Kier molecular flexibility index (Phi) is 5.87. The molecule has 3 aromatic rings. The summed E-state index contributed by atoms with van der Waals surface area (Å²) in [5.41, 5.74) is 2.18. The zero-order valence-corrected chi connectivity index (χ0v) is 21.9. The Balaban J connectivity index is 1.32. The number of para-hydroxylation sites is 1. The molecule has 1 aliphatic carbocycles. The zero-order valence-electron chi connectivity index (χ0n) is 21.1. The van der Waals surface area contributed by atoms with E-state index in [4.69, 9.17) is 4.74 Å². The molecule has 2 bridgehead atoms. The van der Waals surface area contributed by atoms with E-state index in [1.54, 1.807) is 17.3 Å². The van der Waals surface area contributed by atoms with E-state index >= 15 is 0 Å². The van der Waals surface area contributed by atoms with Crippen LogP contribution < -0.4 is 0 Å². The van der Waals surface area contributed by atoms with Crippen molar-refractivity contribution in [3.8, 4) is 0 Å². The van der Waals surface area contributed by atoms with Gasteiger partial charge in [0, 0.05) is 34.7 Å². The highest BCUT2D eigenvalue weighted by molar-refractivity contribution is 7.89. The lowest BCUT2D eigenvalue weighted by molar-refractivity contribution is 0.0474. The van der Waals surface area contributed by atoms with Crippen molar-refractivity contribution in [2.75, 3.05) is 13.2 Å². The number of nitrogens with zero attached hydrogens (tertiary/aromatic N) is 1. The number of Topliss-reactive ketones (excluding diaryl/α,β-unsaturated/α-hetero) is 1. The lowest BCUT2D eigenvalue weighted by Crippen LogP contribution is -2.37. The van der Waals surface area contributed by atoms with Gasteiger partial charge in [-0.2, -0.15) is 4.31 Å². The van der Waals surface area contributed by atoms with Gasteiger partial charge in [-0.3, -0.25) is 4.79 Å². The summed E-state index contributed by atoms with van der Waals surface area (Å²) in [6, 6.07) is 13.3. The van der Waals surface area contributed by atoms with E-state index < -0.39 is 22.6 Å². The van der Waals surface area contributed by atoms with Crippen LogP contribution in [0.2, 0.25) is 0 Å². The summed E-state index contributed by atoms with van der Waals surface area (Å²) in [6.45, 7) is 8.41. The first kappa shape index (κ1) is 24.7. The van der Waals surface area contributed by atoms with Crippen molar-refractivity contribution < 1.29 is 22.7 Å². The fraction of sp³-hybridized carbons (Fsp3) is 0.429. The maximum Gasteiger partial charge on any atom is 0.338 e. The summed E-state index contributed by atoms with van der Waals surface area (Å²) in [7, 11) is -3.78. The van der Waals surface area contributed by atoms with Crippen molar-refractivity contribution in [3.05, 3.63) is 65.4 Å². The van der Waals surface area contributed by atoms with Crippen LogP contribution in [0.15, 0.2) is 53.4 Å². The monoisotopic (exact) mass is 508 g/mol. The van der Waals surface area contributed by atoms with Crippen LogP contribution in [0.1, 0.15) is 66.4 Å². The number of ketones is 1. The number of carbonyl (C=O) groups excluding carboxylic acids is 2. The predicted octanol–water partition coefficient (Wildman–Crippen LogP) is 5.11. The maximum atomic E-state index is 13.6. The predicted molar refractivity (Wildman–Crippen MR) is 138 cm³/mol. The number of aryl methyl sites for hydroxylation is 1. The van der Waals surface area contributed by atoms with Crippen molar-refractivity contribution >= 4 is 32.7 Å². The van der Waals surface area contributed by atoms with Crippen molar-refractivity contribution in [2.45, 2.75) is 57.9 Å². The number of benzene rings is 2. The SMILES string of the molecule is Cc1[nH]c2ccccc2c1C(=O)COC(=O)c1cccc(S(=O)(=O)N2C[C@]3(C)C[C@@H]2CC(C)(C)C3)c1. The van der Waals surface area contributed by atoms with E-state index in [1.165, 1.54) is 18.2 Å². The number of ether oxygens (including phenoxy) is 1. The third kappa shape index (κ3) is 4.37. The zero-order chi connectivity index (χ0) is 25.9. The standard InChI is InChI=1S/C28H32N2O5S/c1-18-25(22-10-5-6-11-23(22)29-18)24(31)15-35-26(32)19-8-7-9-21(12-19)36(33,34)30-17-28(4)14-20(30)13-27(2,3)16-28/h5-12,20,29H,13-17H2,1-4H3/t20-,28+/m0/s1. The molecule has 1 aromatic heterocycles. The lowest BCUT2D eigenvalue weighted by Gasteiger charge is -2.39. The molecule has 2 aromatic carbocycles. The summed E-state index contributed by atoms with van der Waals surface area (Å²) >= 11 is 0. The van der Waals surface area contributed by atoms with Gasteiger partial charge in [-0.1, -0.05) is 45.0 Å². The summed E-state index contributed by atoms with van der Waals surface area (Å²) < 4.78 is 34.1. The third-order valence-corrected chi connectivity index (χ3v) is 9.44. The molecule has 1 saturated carbocycles. The summed E-state index contributed by atoms with van der Waals surface area (Å²) in [5, 5.41) is 0.775. The number of aromatic nitrogens is 1. The number of carbonyl (C=O) groups is 2. The van der Waals surface area contributed by atoms with Gasteiger partial charge in [-0.15, -0.1) is 0 Å². The molecule has 36 heavy (non-hydrogen) atoms. The summed E-state index contributed by atoms with van der Waals surface area (Å²) in [4.78, 5) is 28.9. The molecule has 2 fully saturated rings. The second-order valence-electron chi connectivity index (χ2n) is 11.5. The van der Waals surface area contributed by atoms with Crippen molar-refractivity contribution in [1.82, 2.24) is 9.29 Å². The summed E-state index contributed by atoms with van der Waals surface area (Å²) in [6.07, 6.45) is 2.66. The van der Waals surface area contributed by atoms with Gasteiger partial charge < -0.3 is 9.72 Å². The molecule has 0 unspecified atom stereocenters. The smallest absolute Gasteiger partial charge is 0.338 e. The molecule has 2 aliphatic rings. The molecule has 7 nitrogen and oxygen atoms in total. The van der Waals surface area contributed by atoms with Crippen LogP contribution in [0.25, 0.3) is 10.9 Å². The van der Waals surface area contributed by atoms with E-state index in [9.17, 15) is 18.0 Å². The third-order valence-electron chi connectivity index (χ3n) is 7.55. The molecule has 2 atom stereocenters. The first-order chi connectivity index (χ1) is 16.9. The average molecular weight is 509 g/mol. The van der Waals surface area contributed by atoms with Gasteiger partial charge in [-0.25, -0.2) is 13.2 Å². The quantitative estimate of drug-likeness (QED) is 0.369. The average Bonchev–Trinajstić information content (AvgIpc) is 3.28. The van der Waals surface area contributed by atoms with Gasteiger partial charge in [-0.05, 0) is 61.3 Å². The van der Waals surface area contributed by atoms with Crippen molar-refractivity contribution in [3.63, 3.8) is 0 Å². The van der Waals surface area contributed by atoms with Gasteiger partial charge in [0.25, 0.3) is 0 Å². The fourth-order valence-corrected chi connectivity index (χ4v) is 8.35. The van der Waals surface area contributed by atoms with Gasteiger partial charge in [0.2, 0.25) is 15.8 Å². The lowest BCUT2D eigenvalue weighted by atomic mass is 9.65. The molecule has 8 heteroatoms. The van der Waals surface area contributed by atoms with Gasteiger partial charge in [0.05, 0.1) is 10.5 Å². The first-order valence-electron chi connectivity index (χ1n) is 12.3. The molecular formula is C28H32N2O5S. The molecule has 1 N–H and O–H groups in total.